The Bertz CT molecular complexity index is 648. The molecule has 1 amide bonds. The first kappa shape index (κ1) is 18.2. The molecule has 1 N–H and O–H groups in total. The molecule has 23 heavy (non-hydrogen) atoms. The minimum absolute atomic E-state index is 0.198. The van der Waals surface area contributed by atoms with Crippen LogP contribution in [-0.4, -0.2) is 17.3 Å². The molecule has 0 unspecified atom stereocenters. The van der Waals surface area contributed by atoms with E-state index in [-0.39, 0.29) is 12.5 Å². The van der Waals surface area contributed by atoms with Crippen LogP contribution in [0.5, 0.6) is 0 Å². The third-order valence-corrected chi connectivity index (χ3v) is 5.21. The van der Waals surface area contributed by atoms with E-state index in [2.05, 4.69) is 11.4 Å². The van der Waals surface area contributed by atoms with Crippen LogP contribution in [0.25, 0.3) is 0 Å². The fourth-order valence-electron chi connectivity index (χ4n) is 2.83. The Morgan fingerprint density at radius 1 is 1.26 bits per heavy atom. The van der Waals surface area contributed by atoms with Crippen LogP contribution in [0.1, 0.15) is 37.7 Å². The van der Waals surface area contributed by atoms with E-state index in [1.165, 1.54) is 0 Å². The van der Waals surface area contributed by atoms with Crippen LogP contribution in [0, 0.1) is 16.7 Å². The Hall–Kier alpha value is -1.15. The summed E-state index contributed by atoms with van der Waals surface area (Å²) >= 11 is 17.2. The molecule has 0 spiro atoms. The Morgan fingerprint density at radius 3 is 2.57 bits per heavy atom. The lowest BCUT2D eigenvalue weighted by molar-refractivity contribution is -0.129. The average Bonchev–Trinajstić information content (AvgIpc) is 2.56. The van der Waals surface area contributed by atoms with Gasteiger partial charge in [-0.3, -0.25) is 4.79 Å². The summed E-state index contributed by atoms with van der Waals surface area (Å²) in [4.78, 5) is 13.1. The number of benzene rings is 1. The molecule has 1 aliphatic rings. The summed E-state index contributed by atoms with van der Waals surface area (Å²) in [6.45, 7) is 0.290. The molecule has 0 aliphatic heterocycles. The van der Waals surface area contributed by atoms with Gasteiger partial charge in [0.25, 0.3) is 0 Å². The van der Waals surface area contributed by atoms with Crippen molar-refractivity contribution in [3.63, 3.8) is 0 Å². The van der Waals surface area contributed by atoms with E-state index in [1.807, 2.05) is 6.07 Å². The monoisotopic (exact) mass is 368 g/mol. The van der Waals surface area contributed by atoms with Gasteiger partial charge in [-0.15, -0.1) is 0 Å². The van der Waals surface area contributed by atoms with Crippen LogP contribution in [0.2, 0.25) is 10.0 Å². The van der Waals surface area contributed by atoms with Crippen molar-refractivity contribution >= 4 is 46.2 Å². The zero-order chi connectivity index (χ0) is 16.9. The van der Waals surface area contributed by atoms with Crippen molar-refractivity contribution < 1.29 is 4.79 Å². The number of hydrogen-bond acceptors (Lipinski definition) is 3. The van der Waals surface area contributed by atoms with Crippen molar-refractivity contribution in [1.29, 1.82) is 5.26 Å². The first-order chi connectivity index (χ1) is 11.0. The minimum Gasteiger partial charge on any atom is -0.350 e. The molecule has 122 valence electrons. The maximum atomic E-state index is 12.4. The van der Waals surface area contributed by atoms with E-state index < -0.39 is 5.41 Å². The van der Waals surface area contributed by atoms with E-state index in [0.29, 0.717) is 34.2 Å². The van der Waals surface area contributed by atoms with Crippen molar-refractivity contribution in [3.05, 3.63) is 33.8 Å². The van der Waals surface area contributed by atoms with Crippen molar-refractivity contribution in [3.8, 4) is 6.07 Å². The average molecular weight is 369 g/mol. The molecular formula is C17H18Cl2N2OS. The van der Waals surface area contributed by atoms with E-state index in [4.69, 9.17) is 35.4 Å². The summed E-state index contributed by atoms with van der Waals surface area (Å²) in [5.41, 5.74) is 0.0728. The second-order valence-corrected chi connectivity index (χ2v) is 7.29. The molecule has 0 saturated heterocycles. The minimum atomic E-state index is -0.878. The fourth-order valence-corrected chi connectivity index (χ4v) is 3.39. The quantitative estimate of drug-likeness (QED) is 0.778. The number of rotatable bonds is 5. The van der Waals surface area contributed by atoms with Gasteiger partial charge >= 0.3 is 0 Å². The molecule has 3 nitrogen and oxygen atoms in total. The number of nitrogens with zero attached hydrogens (tertiary/aromatic N) is 1. The summed E-state index contributed by atoms with van der Waals surface area (Å²) in [5, 5.41) is 13.2. The van der Waals surface area contributed by atoms with Crippen LogP contribution in [0.4, 0.5) is 0 Å². The van der Waals surface area contributed by atoms with E-state index in [9.17, 15) is 10.1 Å². The van der Waals surface area contributed by atoms with Gasteiger partial charge in [0.15, 0.2) is 0 Å². The van der Waals surface area contributed by atoms with Crippen molar-refractivity contribution in [2.45, 2.75) is 38.5 Å². The molecule has 0 heterocycles. The number of nitriles is 1. The third kappa shape index (κ3) is 4.67. The highest BCUT2D eigenvalue weighted by Crippen LogP contribution is 2.35. The first-order valence-corrected chi connectivity index (χ1v) is 8.78. The molecule has 1 aromatic carbocycles. The maximum Gasteiger partial charge on any atom is 0.240 e. The molecule has 0 atom stereocenters. The second-order valence-electron chi connectivity index (χ2n) is 5.90. The number of hydrogen-bond donors (Lipinski definition) is 1. The summed E-state index contributed by atoms with van der Waals surface area (Å²) in [6, 6.07) is 7.58. The van der Waals surface area contributed by atoms with Crippen LogP contribution in [-0.2, 0) is 11.2 Å². The zero-order valence-corrected chi connectivity index (χ0v) is 15.0. The summed E-state index contributed by atoms with van der Waals surface area (Å²) in [7, 11) is 0. The Morgan fingerprint density at radius 2 is 1.96 bits per heavy atom. The van der Waals surface area contributed by atoms with Gasteiger partial charge in [0.1, 0.15) is 5.41 Å². The van der Waals surface area contributed by atoms with Gasteiger partial charge < -0.3 is 5.32 Å². The van der Waals surface area contributed by atoms with Gasteiger partial charge in [-0.25, -0.2) is 0 Å². The van der Waals surface area contributed by atoms with E-state index in [0.717, 1.165) is 24.8 Å². The standard InChI is InChI=1S/C17H18Cl2N2OS/c18-14-5-4-12(9-15(14)19)8-13(23)10-21-16(22)17(11-20)6-2-1-3-7-17/h4-5,9H,1-3,6-8,10H2,(H,21,22). The molecule has 2 rings (SSSR count). The Kier molecular flexibility index (Phi) is 6.41. The van der Waals surface area contributed by atoms with Crippen LogP contribution in [0.3, 0.4) is 0 Å². The van der Waals surface area contributed by atoms with Gasteiger partial charge in [-0.1, -0.05) is 60.7 Å². The van der Waals surface area contributed by atoms with Gasteiger partial charge in [-0.2, -0.15) is 5.26 Å². The van der Waals surface area contributed by atoms with Crippen LogP contribution < -0.4 is 5.32 Å². The molecule has 1 fully saturated rings. The Labute approximate surface area is 152 Å². The largest absolute Gasteiger partial charge is 0.350 e. The molecular weight excluding hydrogens is 351 g/mol. The zero-order valence-electron chi connectivity index (χ0n) is 12.7. The van der Waals surface area contributed by atoms with Gasteiger partial charge in [0.05, 0.1) is 16.1 Å². The number of nitrogens with one attached hydrogen (secondary N) is 1. The van der Waals surface area contributed by atoms with E-state index in [1.54, 1.807) is 12.1 Å². The predicted octanol–water partition coefficient (Wildman–Crippen LogP) is 4.50. The highest BCUT2D eigenvalue weighted by Gasteiger charge is 2.39. The molecule has 0 radical (unpaired) electrons. The Balaban J connectivity index is 1.89. The fraction of sp³-hybridized carbons (Fsp3) is 0.471. The lowest BCUT2D eigenvalue weighted by Gasteiger charge is -2.29. The van der Waals surface area contributed by atoms with Crippen molar-refractivity contribution in [1.82, 2.24) is 5.32 Å². The topological polar surface area (TPSA) is 52.9 Å². The number of carbonyl (C=O) groups excluding carboxylic acids is 1. The SMILES string of the molecule is N#CC1(C(=O)NCC(=S)Cc2ccc(Cl)c(Cl)c2)CCCCC1. The van der Waals surface area contributed by atoms with Gasteiger partial charge in [0.2, 0.25) is 5.91 Å². The third-order valence-electron chi connectivity index (χ3n) is 4.19. The highest BCUT2D eigenvalue weighted by atomic mass is 35.5. The second kappa shape index (κ2) is 8.10. The predicted molar refractivity (Wildman–Crippen MR) is 96.9 cm³/mol. The number of amides is 1. The van der Waals surface area contributed by atoms with Crippen LogP contribution in [0.15, 0.2) is 18.2 Å². The van der Waals surface area contributed by atoms with Crippen molar-refractivity contribution in [2.24, 2.45) is 5.41 Å². The van der Waals surface area contributed by atoms with Gasteiger partial charge in [-0.05, 0) is 30.5 Å². The first-order valence-electron chi connectivity index (χ1n) is 7.62. The lowest BCUT2D eigenvalue weighted by atomic mass is 9.74. The normalized spacial score (nSPS) is 16.4. The van der Waals surface area contributed by atoms with E-state index >= 15 is 0 Å². The molecule has 1 saturated carbocycles. The molecule has 1 aromatic rings. The van der Waals surface area contributed by atoms with Gasteiger partial charge in [0, 0.05) is 17.8 Å². The number of halogens is 2. The number of thiocarbonyl (C=S) groups is 1. The molecule has 0 aromatic heterocycles. The molecule has 0 bridgehead atoms. The van der Waals surface area contributed by atoms with Crippen molar-refractivity contribution in [2.75, 3.05) is 6.54 Å². The lowest BCUT2D eigenvalue weighted by Crippen LogP contribution is -2.43. The summed E-state index contributed by atoms with van der Waals surface area (Å²) in [5.74, 6) is -0.198. The maximum absolute atomic E-state index is 12.4. The summed E-state index contributed by atoms with van der Waals surface area (Å²) in [6.07, 6.45) is 4.74. The smallest absolute Gasteiger partial charge is 0.240 e. The molecule has 1 aliphatic carbocycles. The molecule has 6 heteroatoms. The highest BCUT2D eigenvalue weighted by molar-refractivity contribution is 7.80. The number of carbonyl (C=O) groups is 1. The van der Waals surface area contributed by atoms with Crippen LogP contribution >= 0.6 is 35.4 Å². The summed E-state index contributed by atoms with van der Waals surface area (Å²) < 4.78 is 0.